The SMILES string of the molecule is CCCCCCNc1ccc(C2(c3ccc(C)cc3)c3cc(B4OC(C)(C)C(C)(C)O4)ccc3-c3ccc(B4OC(C)(C)C(C)(C)O4)cc32)cc1. The molecule has 1 aliphatic carbocycles. The summed E-state index contributed by atoms with van der Waals surface area (Å²) < 4.78 is 26.5. The minimum absolute atomic E-state index is 0.440. The summed E-state index contributed by atoms with van der Waals surface area (Å²) in [6.07, 6.45) is 4.94. The van der Waals surface area contributed by atoms with Crippen molar-refractivity contribution in [3.8, 4) is 11.1 Å². The molecule has 51 heavy (non-hydrogen) atoms. The molecule has 2 saturated heterocycles. The van der Waals surface area contributed by atoms with E-state index < -0.39 is 42.1 Å². The van der Waals surface area contributed by atoms with Crippen LogP contribution in [0.25, 0.3) is 11.1 Å². The summed E-state index contributed by atoms with van der Waals surface area (Å²) in [5, 5.41) is 3.68. The van der Waals surface area contributed by atoms with Crippen molar-refractivity contribution in [3.05, 3.63) is 113 Å². The Balaban J connectivity index is 1.41. The molecule has 0 spiro atoms. The standard InChI is InChI=1S/C44H55B2NO4/c1-11-12-13-14-27-47-35-23-19-32(20-24-35)44(31-17-15-30(2)16-18-31)38-28-33(45-48-40(3,4)41(5,6)49-45)21-25-36(38)37-26-22-34(29-39(37)44)46-50-42(7,8)43(9,10)51-46/h15-26,28-29,47H,11-14,27H2,1-10H3. The van der Waals surface area contributed by atoms with Crippen molar-refractivity contribution in [3.63, 3.8) is 0 Å². The van der Waals surface area contributed by atoms with Crippen molar-refractivity contribution in [2.24, 2.45) is 0 Å². The zero-order valence-corrected chi connectivity index (χ0v) is 32.4. The maximum atomic E-state index is 6.62. The van der Waals surface area contributed by atoms with Gasteiger partial charge in [-0.1, -0.05) is 105 Å². The summed E-state index contributed by atoms with van der Waals surface area (Å²) in [7, 11) is -0.946. The molecule has 7 heteroatoms. The van der Waals surface area contributed by atoms with E-state index in [2.05, 4.69) is 159 Å². The second-order valence-corrected chi connectivity index (χ2v) is 17.0. The molecule has 0 radical (unpaired) electrons. The Kier molecular flexibility index (Phi) is 9.15. The molecule has 4 aromatic rings. The molecule has 2 fully saturated rings. The average Bonchev–Trinajstić information content (AvgIpc) is 3.59. The first-order valence-corrected chi connectivity index (χ1v) is 19.0. The fourth-order valence-corrected chi connectivity index (χ4v) is 7.83. The zero-order valence-electron chi connectivity index (χ0n) is 32.4. The van der Waals surface area contributed by atoms with Gasteiger partial charge in [0.15, 0.2) is 0 Å². The first kappa shape index (κ1) is 36.0. The number of hydrogen-bond acceptors (Lipinski definition) is 5. The van der Waals surface area contributed by atoms with Crippen molar-refractivity contribution >= 4 is 30.8 Å². The molecular weight excluding hydrogens is 628 g/mol. The van der Waals surface area contributed by atoms with E-state index in [1.807, 2.05) is 0 Å². The van der Waals surface area contributed by atoms with Crippen LogP contribution in [0, 0.1) is 6.92 Å². The van der Waals surface area contributed by atoms with Gasteiger partial charge in [-0.15, -0.1) is 0 Å². The maximum Gasteiger partial charge on any atom is 0.494 e. The van der Waals surface area contributed by atoms with E-state index in [0.717, 1.165) is 23.2 Å². The summed E-state index contributed by atoms with van der Waals surface area (Å²) in [6.45, 7) is 22.3. The highest BCUT2D eigenvalue weighted by Crippen LogP contribution is 2.56. The highest BCUT2D eigenvalue weighted by molar-refractivity contribution is 6.62. The normalized spacial score (nSPS) is 20.4. The number of nitrogens with one attached hydrogen (secondary N) is 1. The molecule has 266 valence electrons. The van der Waals surface area contributed by atoms with Gasteiger partial charge in [-0.05, 0) is 125 Å². The fraction of sp³-hybridized carbons (Fsp3) is 0.455. The Morgan fingerprint density at radius 3 is 1.39 bits per heavy atom. The van der Waals surface area contributed by atoms with Gasteiger partial charge >= 0.3 is 14.2 Å². The van der Waals surface area contributed by atoms with Crippen LogP contribution in [0.3, 0.4) is 0 Å². The maximum absolute atomic E-state index is 6.62. The minimum Gasteiger partial charge on any atom is -0.399 e. The number of anilines is 1. The number of hydrogen-bond donors (Lipinski definition) is 1. The van der Waals surface area contributed by atoms with Gasteiger partial charge in [-0.3, -0.25) is 0 Å². The van der Waals surface area contributed by atoms with Gasteiger partial charge in [0, 0.05) is 12.2 Å². The second kappa shape index (κ2) is 12.9. The molecule has 0 aromatic heterocycles. The quantitative estimate of drug-likeness (QED) is 0.118. The Labute approximate surface area is 307 Å². The van der Waals surface area contributed by atoms with Crippen molar-refractivity contribution in [2.45, 2.75) is 123 Å². The molecule has 5 nitrogen and oxygen atoms in total. The molecule has 0 atom stereocenters. The molecule has 2 aliphatic heterocycles. The largest absolute Gasteiger partial charge is 0.494 e. The lowest BCUT2D eigenvalue weighted by Crippen LogP contribution is -2.41. The van der Waals surface area contributed by atoms with Crippen LogP contribution in [0.5, 0.6) is 0 Å². The number of aryl methyl sites for hydroxylation is 1. The zero-order chi connectivity index (χ0) is 36.4. The highest BCUT2D eigenvalue weighted by atomic mass is 16.7. The molecule has 3 aliphatic rings. The molecule has 4 aromatic carbocycles. The van der Waals surface area contributed by atoms with Crippen LogP contribution in [0.1, 0.15) is 116 Å². The first-order valence-electron chi connectivity index (χ1n) is 19.0. The first-order chi connectivity index (χ1) is 24.1. The predicted molar refractivity (Wildman–Crippen MR) is 213 cm³/mol. The van der Waals surface area contributed by atoms with Gasteiger partial charge in [-0.2, -0.15) is 0 Å². The average molecular weight is 684 g/mol. The van der Waals surface area contributed by atoms with Crippen LogP contribution in [0.15, 0.2) is 84.9 Å². The topological polar surface area (TPSA) is 49.0 Å². The fourth-order valence-electron chi connectivity index (χ4n) is 7.83. The van der Waals surface area contributed by atoms with Gasteiger partial charge in [0.25, 0.3) is 0 Å². The van der Waals surface area contributed by atoms with Crippen molar-refractivity contribution in [2.75, 3.05) is 11.9 Å². The van der Waals surface area contributed by atoms with Gasteiger partial charge in [-0.25, -0.2) is 0 Å². The van der Waals surface area contributed by atoms with Crippen LogP contribution >= 0.6 is 0 Å². The second-order valence-electron chi connectivity index (χ2n) is 17.0. The Morgan fingerprint density at radius 1 is 0.529 bits per heavy atom. The third-order valence-electron chi connectivity index (χ3n) is 12.4. The molecule has 7 rings (SSSR count). The summed E-state index contributed by atoms with van der Waals surface area (Å²) in [5.41, 5.74) is 9.33. The summed E-state index contributed by atoms with van der Waals surface area (Å²) in [6, 6.07) is 31.8. The van der Waals surface area contributed by atoms with E-state index >= 15 is 0 Å². The lowest BCUT2D eigenvalue weighted by Gasteiger charge is -2.34. The minimum atomic E-state index is -0.614. The van der Waals surface area contributed by atoms with E-state index in [-0.39, 0.29) is 0 Å². The van der Waals surface area contributed by atoms with E-state index in [0.29, 0.717) is 0 Å². The van der Waals surface area contributed by atoms with Gasteiger partial charge < -0.3 is 23.9 Å². The number of rotatable bonds is 10. The number of benzene rings is 4. The highest BCUT2D eigenvalue weighted by Gasteiger charge is 2.55. The van der Waals surface area contributed by atoms with E-state index in [1.165, 1.54) is 64.6 Å². The van der Waals surface area contributed by atoms with Crippen LogP contribution in [0.4, 0.5) is 5.69 Å². The van der Waals surface area contributed by atoms with E-state index in [9.17, 15) is 0 Å². The van der Waals surface area contributed by atoms with E-state index in [4.69, 9.17) is 18.6 Å². The number of fused-ring (bicyclic) bond motifs is 3. The van der Waals surface area contributed by atoms with E-state index in [1.54, 1.807) is 0 Å². The van der Waals surface area contributed by atoms with Crippen molar-refractivity contribution in [1.29, 1.82) is 0 Å². The lowest BCUT2D eigenvalue weighted by molar-refractivity contribution is 0.00578. The molecular formula is C44H55B2NO4. The van der Waals surface area contributed by atoms with Crippen LogP contribution in [-0.4, -0.2) is 43.2 Å². The van der Waals surface area contributed by atoms with Crippen LogP contribution < -0.4 is 16.2 Å². The summed E-state index contributed by atoms with van der Waals surface area (Å²) in [4.78, 5) is 0. The smallest absolute Gasteiger partial charge is 0.399 e. The van der Waals surface area contributed by atoms with Crippen LogP contribution in [0.2, 0.25) is 0 Å². The predicted octanol–water partition coefficient (Wildman–Crippen LogP) is 8.95. The summed E-state index contributed by atoms with van der Waals surface area (Å²) >= 11 is 0. The van der Waals surface area contributed by atoms with Gasteiger partial charge in [0.2, 0.25) is 0 Å². The Hall–Kier alpha value is -3.35. The summed E-state index contributed by atoms with van der Waals surface area (Å²) in [5.74, 6) is 0. The molecule has 0 bridgehead atoms. The Morgan fingerprint density at radius 2 is 0.961 bits per heavy atom. The third kappa shape index (κ3) is 6.08. The molecule has 2 heterocycles. The van der Waals surface area contributed by atoms with Gasteiger partial charge in [0.1, 0.15) is 0 Å². The lowest BCUT2D eigenvalue weighted by atomic mass is 9.65. The molecule has 0 amide bonds. The molecule has 1 N–H and O–H groups in total. The monoisotopic (exact) mass is 683 g/mol. The third-order valence-corrected chi connectivity index (χ3v) is 12.4. The van der Waals surface area contributed by atoms with Crippen molar-refractivity contribution in [1.82, 2.24) is 0 Å². The molecule has 0 saturated carbocycles. The molecule has 0 unspecified atom stereocenters. The Bertz CT molecular complexity index is 1780. The van der Waals surface area contributed by atoms with Gasteiger partial charge in [0.05, 0.1) is 27.8 Å². The van der Waals surface area contributed by atoms with Crippen molar-refractivity contribution < 1.29 is 18.6 Å². The number of unbranched alkanes of at least 4 members (excludes halogenated alkanes) is 3. The van der Waals surface area contributed by atoms with Crippen LogP contribution in [-0.2, 0) is 24.0 Å².